The van der Waals surface area contributed by atoms with E-state index in [0.29, 0.717) is 24.3 Å². The van der Waals surface area contributed by atoms with Gasteiger partial charge in [0.2, 0.25) is 0 Å². The van der Waals surface area contributed by atoms with Crippen molar-refractivity contribution in [2.24, 2.45) is 0 Å². The van der Waals surface area contributed by atoms with Gasteiger partial charge in [0.25, 0.3) is 0 Å². The lowest BCUT2D eigenvalue weighted by atomic mass is 10.1. The third-order valence-corrected chi connectivity index (χ3v) is 2.98. The van der Waals surface area contributed by atoms with Gasteiger partial charge < -0.3 is 4.74 Å². The summed E-state index contributed by atoms with van der Waals surface area (Å²) in [6, 6.07) is 1.25. The molecule has 2 heteroatoms. The highest BCUT2D eigenvalue weighted by molar-refractivity contribution is 4.88. The van der Waals surface area contributed by atoms with Crippen LogP contribution in [0, 0.1) is 0 Å². The van der Waals surface area contributed by atoms with Gasteiger partial charge >= 0.3 is 0 Å². The Kier molecular flexibility index (Phi) is 4.39. The van der Waals surface area contributed by atoms with Gasteiger partial charge in [-0.1, -0.05) is 13.3 Å². The molecule has 0 N–H and O–H groups in total. The molecule has 2 atom stereocenters. The molecule has 1 heterocycles. The van der Waals surface area contributed by atoms with Crippen LogP contribution in [0.1, 0.15) is 47.5 Å². The summed E-state index contributed by atoms with van der Waals surface area (Å²) in [6.07, 6.45) is 3.54. The average Bonchev–Trinajstić information content (AvgIpc) is 2.79. The van der Waals surface area contributed by atoms with E-state index in [-0.39, 0.29) is 0 Å². The molecule has 14 heavy (non-hydrogen) atoms. The van der Waals surface area contributed by atoms with E-state index in [2.05, 4.69) is 39.5 Å². The molecule has 2 nitrogen and oxygen atoms in total. The smallest absolute Gasteiger partial charge is 0.0968 e. The zero-order chi connectivity index (χ0) is 10.7. The second-order valence-corrected chi connectivity index (χ2v) is 4.89. The fourth-order valence-corrected chi connectivity index (χ4v) is 2.10. The molecule has 1 rings (SSSR count). The Balaban J connectivity index is 2.28. The van der Waals surface area contributed by atoms with Gasteiger partial charge in [-0.05, 0) is 34.1 Å². The van der Waals surface area contributed by atoms with Gasteiger partial charge in [0.05, 0.1) is 12.2 Å². The molecule has 1 aliphatic heterocycles. The summed E-state index contributed by atoms with van der Waals surface area (Å²) in [6.45, 7) is 12.4. The van der Waals surface area contributed by atoms with Crippen LogP contribution in [0.5, 0.6) is 0 Å². The monoisotopic (exact) mass is 199 g/mol. The number of ether oxygens (including phenoxy) is 1. The minimum Gasteiger partial charge on any atom is -0.368 e. The predicted molar refractivity (Wildman–Crippen MR) is 60.5 cm³/mol. The Morgan fingerprint density at radius 1 is 1.07 bits per heavy atom. The van der Waals surface area contributed by atoms with Crippen molar-refractivity contribution in [3.63, 3.8) is 0 Å². The Morgan fingerprint density at radius 2 is 1.64 bits per heavy atom. The molecular formula is C12H25NO. The summed E-state index contributed by atoms with van der Waals surface area (Å²) >= 11 is 0. The highest BCUT2D eigenvalue weighted by atomic mass is 16.6. The molecule has 0 aromatic rings. The second-order valence-electron chi connectivity index (χ2n) is 4.89. The first-order chi connectivity index (χ1) is 6.56. The van der Waals surface area contributed by atoms with Crippen LogP contribution in [-0.2, 0) is 4.74 Å². The van der Waals surface area contributed by atoms with Crippen LogP contribution in [0.3, 0.4) is 0 Å². The zero-order valence-corrected chi connectivity index (χ0v) is 10.3. The maximum Gasteiger partial charge on any atom is 0.0968 e. The molecule has 1 aliphatic rings. The van der Waals surface area contributed by atoms with E-state index in [9.17, 15) is 0 Å². The van der Waals surface area contributed by atoms with E-state index in [1.54, 1.807) is 0 Å². The van der Waals surface area contributed by atoms with Crippen LogP contribution in [0.15, 0.2) is 0 Å². The van der Waals surface area contributed by atoms with E-state index in [0.717, 1.165) is 6.54 Å². The Morgan fingerprint density at radius 3 is 2.07 bits per heavy atom. The maximum atomic E-state index is 5.65. The number of epoxide rings is 1. The molecule has 0 spiro atoms. The molecular weight excluding hydrogens is 174 g/mol. The molecule has 0 aromatic carbocycles. The van der Waals surface area contributed by atoms with E-state index < -0.39 is 0 Å². The molecule has 0 unspecified atom stereocenters. The van der Waals surface area contributed by atoms with Crippen LogP contribution >= 0.6 is 0 Å². The molecule has 0 amide bonds. The molecule has 0 aliphatic carbocycles. The Labute approximate surface area is 88.6 Å². The summed E-state index contributed by atoms with van der Waals surface area (Å²) in [5, 5.41) is 0. The predicted octanol–water partition coefficient (Wildman–Crippen LogP) is 2.67. The maximum absolute atomic E-state index is 5.65. The van der Waals surface area contributed by atoms with Gasteiger partial charge in [0, 0.05) is 18.6 Å². The van der Waals surface area contributed by atoms with E-state index >= 15 is 0 Å². The van der Waals surface area contributed by atoms with Gasteiger partial charge in [0.1, 0.15) is 0 Å². The molecule has 0 saturated carbocycles. The highest BCUT2D eigenvalue weighted by Gasteiger charge is 2.39. The van der Waals surface area contributed by atoms with E-state index in [4.69, 9.17) is 4.74 Å². The first-order valence-corrected chi connectivity index (χ1v) is 5.97. The van der Waals surface area contributed by atoms with Crippen molar-refractivity contribution in [1.29, 1.82) is 0 Å². The summed E-state index contributed by atoms with van der Waals surface area (Å²) in [5.74, 6) is 0. The lowest BCUT2D eigenvalue weighted by Crippen LogP contribution is -2.40. The van der Waals surface area contributed by atoms with Crippen molar-refractivity contribution in [1.82, 2.24) is 4.90 Å². The van der Waals surface area contributed by atoms with Gasteiger partial charge in [0.15, 0.2) is 0 Å². The SMILES string of the molecule is CCC[C@H]1O[C@@H]1CN(C(C)C)C(C)C. The third kappa shape index (κ3) is 3.25. The minimum atomic E-state index is 0.514. The van der Waals surface area contributed by atoms with Crippen LogP contribution in [-0.4, -0.2) is 35.7 Å². The standard InChI is InChI=1S/C12H25NO/c1-6-7-11-12(14-11)8-13(9(2)3)10(4)5/h9-12H,6-8H2,1-5H3/t11-,12-/m1/s1. The summed E-state index contributed by atoms with van der Waals surface area (Å²) in [7, 11) is 0. The fourth-order valence-electron chi connectivity index (χ4n) is 2.10. The Hall–Kier alpha value is -0.0800. The van der Waals surface area contributed by atoms with Crippen molar-refractivity contribution in [3.8, 4) is 0 Å². The number of hydrogen-bond acceptors (Lipinski definition) is 2. The van der Waals surface area contributed by atoms with Gasteiger partial charge in [-0.2, -0.15) is 0 Å². The van der Waals surface area contributed by atoms with Crippen LogP contribution in [0.4, 0.5) is 0 Å². The second kappa shape index (κ2) is 5.13. The van der Waals surface area contributed by atoms with E-state index in [1.165, 1.54) is 12.8 Å². The van der Waals surface area contributed by atoms with Crippen LogP contribution < -0.4 is 0 Å². The van der Waals surface area contributed by atoms with Crippen LogP contribution in [0.2, 0.25) is 0 Å². The lowest BCUT2D eigenvalue weighted by molar-refractivity contribution is 0.158. The molecule has 1 saturated heterocycles. The van der Waals surface area contributed by atoms with Crippen molar-refractivity contribution in [2.45, 2.75) is 71.8 Å². The summed E-state index contributed by atoms with van der Waals surface area (Å²) in [5.41, 5.74) is 0. The summed E-state index contributed by atoms with van der Waals surface area (Å²) < 4.78 is 5.65. The van der Waals surface area contributed by atoms with Crippen molar-refractivity contribution >= 4 is 0 Å². The fraction of sp³-hybridized carbons (Fsp3) is 1.00. The topological polar surface area (TPSA) is 15.8 Å². The van der Waals surface area contributed by atoms with Crippen molar-refractivity contribution in [3.05, 3.63) is 0 Å². The third-order valence-electron chi connectivity index (χ3n) is 2.98. The number of nitrogens with zero attached hydrogens (tertiary/aromatic N) is 1. The minimum absolute atomic E-state index is 0.514. The van der Waals surface area contributed by atoms with Crippen molar-refractivity contribution < 1.29 is 4.74 Å². The lowest BCUT2D eigenvalue weighted by Gasteiger charge is -2.29. The highest BCUT2D eigenvalue weighted by Crippen LogP contribution is 2.28. The van der Waals surface area contributed by atoms with Gasteiger partial charge in [-0.15, -0.1) is 0 Å². The van der Waals surface area contributed by atoms with E-state index in [1.807, 2.05) is 0 Å². The first kappa shape index (κ1) is 12.0. The molecule has 0 aromatic heterocycles. The molecule has 0 bridgehead atoms. The summed E-state index contributed by atoms with van der Waals surface area (Å²) in [4.78, 5) is 2.51. The largest absolute Gasteiger partial charge is 0.368 e. The molecule has 84 valence electrons. The quantitative estimate of drug-likeness (QED) is 0.611. The van der Waals surface area contributed by atoms with Crippen LogP contribution in [0.25, 0.3) is 0 Å². The van der Waals surface area contributed by atoms with Gasteiger partial charge in [-0.3, -0.25) is 4.90 Å². The number of rotatable bonds is 6. The zero-order valence-electron chi connectivity index (χ0n) is 10.3. The van der Waals surface area contributed by atoms with Crippen molar-refractivity contribution in [2.75, 3.05) is 6.54 Å². The number of hydrogen-bond donors (Lipinski definition) is 0. The molecule has 1 fully saturated rings. The Bertz CT molecular complexity index is 160. The average molecular weight is 199 g/mol. The molecule has 0 radical (unpaired) electrons. The first-order valence-electron chi connectivity index (χ1n) is 5.97. The normalized spacial score (nSPS) is 26.6. The van der Waals surface area contributed by atoms with Gasteiger partial charge in [-0.25, -0.2) is 0 Å².